The first-order valence-electron chi connectivity index (χ1n) is 15.7. The highest BCUT2D eigenvalue weighted by atomic mass is 35.5. The summed E-state index contributed by atoms with van der Waals surface area (Å²) in [6.07, 6.45) is 4.08. The van der Waals surface area contributed by atoms with E-state index in [1.165, 1.54) is 23.6 Å². The van der Waals surface area contributed by atoms with Gasteiger partial charge in [0.1, 0.15) is 12.9 Å². The normalized spacial score (nSPS) is 15.2. The van der Waals surface area contributed by atoms with Crippen molar-refractivity contribution in [2.24, 2.45) is 21.6 Å². The van der Waals surface area contributed by atoms with E-state index >= 15 is 0 Å². The van der Waals surface area contributed by atoms with Crippen LogP contribution in [0.25, 0.3) is 22.5 Å². The number of halogens is 3. The summed E-state index contributed by atoms with van der Waals surface area (Å²) in [6.45, 7) is 8.73. The average Bonchev–Trinajstić information content (AvgIpc) is 3.75. The molecule has 2 aromatic heterocycles. The molecule has 2 amide bonds. The van der Waals surface area contributed by atoms with Gasteiger partial charge in [-0.3, -0.25) is 19.8 Å². The molecule has 0 radical (unpaired) electrons. The molecular weight excluding hydrogens is 656 g/mol. The zero-order valence-corrected chi connectivity index (χ0v) is 28.8. The van der Waals surface area contributed by atoms with Gasteiger partial charge in [-0.05, 0) is 47.2 Å². The minimum Gasteiger partial charge on any atom is -0.447 e. The topological polar surface area (TPSA) is 148 Å². The fourth-order valence-electron chi connectivity index (χ4n) is 5.47. The maximum Gasteiger partial charge on any atom is 0.409 e. The number of amides is 2. The Morgan fingerprint density at radius 2 is 1.86 bits per heavy atom. The SMILES string of the molecule is CC(C)(C)CCN=C(N)N(C(=O)c1ccc(-c2cnn(C(F)F)c2)cc1)[C@H](COC(=O)N1CC(C)(C)C1)c1ccc(Cl)c(-c2ncn[nH]2)c1. The number of alkyl halides is 2. The van der Waals surface area contributed by atoms with Gasteiger partial charge in [-0.2, -0.15) is 19.0 Å². The van der Waals surface area contributed by atoms with E-state index in [4.69, 9.17) is 22.1 Å². The van der Waals surface area contributed by atoms with Crippen molar-refractivity contribution >= 4 is 29.6 Å². The van der Waals surface area contributed by atoms with E-state index in [1.807, 2.05) is 0 Å². The van der Waals surface area contributed by atoms with Crippen molar-refractivity contribution in [3.63, 3.8) is 0 Å². The van der Waals surface area contributed by atoms with Crippen LogP contribution in [-0.4, -0.2) is 79.0 Å². The number of carbonyl (C=O) groups is 2. The number of H-pyrrole nitrogens is 1. The standard InChI is InChI=1S/C34H40ClF2N9O3/c1-33(2,3)12-13-39-31(38)46(29(47)22-8-6-21(7-9-22)24-15-42-45(16-24)30(36)37)27(17-49-32(48)44-18-34(4,5)19-44)23-10-11-26(35)25(14-23)28-40-20-41-43-28/h6-11,14-16,20,27,30H,12-13,17-19H2,1-5H3,(H2,38,39)(H,40,41,43)/t27-/m1/s1. The summed E-state index contributed by atoms with van der Waals surface area (Å²) >= 11 is 6.55. The lowest BCUT2D eigenvalue weighted by molar-refractivity contribution is 0.00947. The summed E-state index contributed by atoms with van der Waals surface area (Å²) in [5, 5.41) is 10.8. The zero-order chi connectivity index (χ0) is 35.5. The third-order valence-electron chi connectivity index (χ3n) is 8.09. The van der Waals surface area contributed by atoms with E-state index in [0.717, 1.165) is 0 Å². The number of guanidine groups is 1. The van der Waals surface area contributed by atoms with Crippen LogP contribution in [0.5, 0.6) is 0 Å². The Bertz CT molecular complexity index is 1790. The maximum absolute atomic E-state index is 14.5. The van der Waals surface area contributed by atoms with E-state index in [2.05, 4.69) is 59.9 Å². The largest absolute Gasteiger partial charge is 0.447 e. The number of aliphatic imine (C=N–C) groups is 1. The molecule has 1 saturated heterocycles. The van der Waals surface area contributed by atoms with Gasteiger partial charge in [0.05, 0.1) is 17.3 Å². The summed E-state index contributed by atoms with van der Waals surface area (Å²) in [5.74, 6) is -0.186. The molecule has 4 aromatic rings. The number of aromatic amines is 1. The van der Waals surface area contributed by atoms with E-state index in [9.17, 15) is 18.4 Å². The summed E-state index contributed by atoms with van der Waals surface area (Å²) in [4.78, 5) is 39.3. The highest BCUT2D eigenvalue weighted by Gasteiger charge is 2.39. The fraction of sp³-hybridized carbons (Fsp3) is 0.412. The van der Waals surface area contributed by atoms with Crippen molar-refractivity contribution in [1.82, 2.24) is 34.8 Å². The van der Waals surface area contributed by atoms with Crippen molar-refractivity contribution in [2.45, 2.75) is 53.6 Å². The number of nitrogens with zero attached hydrogens (tertiary/aromatic N) is 7. The van der Waals surface area contributed by atoms with Gasteiger partial charge in [-0.1, -0.05) is 64.4 Å². The first-order valence-corrected chi connectivity index (χ1v) is 16.1. The summed E-state index contributed by atoms with van der Waals surface area (Å²) in [7, 11) is 0. The number of nitrogens with one attached hydrogen (secondary N) is 1. The molecule has 49 heavy (non-hydrogen) atoms. The third-order valence-corrected chi connectivity index (χ3v) is 8.42. The number of rotatable bonds is 10. The molecule has 12 nitrogen and oxygen atoms in total. The van der Waals surface area contributed by atoms with Gasteiger partial charge in [0.25, 0.3) is 5.91 Å². The van der Waals surface area contributed by atoms with Crippen molar-refractivity contribution in [3.05, 3.63) is 77.3 Å². The molecule has 1 fully saturated rings. The summed E-state index contributed by atoms with van der Waals surface area (Å²) < 4.78 is 32.6. The van der Waals surface area contributed by atoms with Crippen LogP contribution in [0.15, 0.2) is 66.2 Å². The number of ether oxygens (including phenoxy) is 1. The number of likely N-dealkylation sites (tertiary alicyclic amines) is 1. The molecule has 1 atom stereocenters. The van der Waals surface area contributed by atoms with Crippen molar-refractivity contribution in [3.8, 4) is 22.5 Å². The van der Waals surface area contributed by atoms with Crippen molar-refractivity contribution < 1.29 is 23.1 Å². The van der Waals surface area contributed by atoms with Crippen molar-refractivity contribution in [1.29, 1.82) is 0 Å². The van der Waals surface area contributed by atoms with E-state index < -0.39 is 24.6 Å². The number of hydrogen-bond donors (Lipinski definition) is 2. The molecule has 0 spiro atoms. The molecule has 3 N–H and O–H groups in total. The van der Waals surface area contributed by atoms with E-state index in [0.29, 0.717) is 63.8 Å². The van der Waals surface area contributed by atoms with Gasteiger partial charge in [0, 0.05) is 47.9 Å². The number of benzene rings is 2. The minimum absolute atomic E-state index is 0.0168. The van der Waals surface area contributed by atoms with Gasteiger partial charge in [0.2, 0.25) is 0 Å². The molecule has 5 rings (SSSR count). The lowest BCUT2D eigenvalue weighted by Crippen LogP contribution is -2.56. The molecule has 1 aliphatic heterocycles. The minimum atomic E-state index is -2.78. The Balaban J connectivity index is 1.54. The lowest BCUT2D eigenvalue weighted by atomic mass is 9.85. The van der Waals surface area contributed by atoms with Crippen LogP contribution < -0.4 is 5.73 Å². The Hall–Kier alpha value is -4.85. The lowest BCUT2D eigenvalue weighted by Gasteiger charge is -2.45. The molecule has 260 valence electrons. The summed E-state index contributed by atoms with van der Waals surface area (Å²) in [6, 6.07) is 10.6. The van der Waals surface area contributed by atoms with Crippen LogP contribution in [0, 0.1) is 10.8 Å². The first-order chi connectivity index (χ1) is 23.1. The quantitative estimate of drug-likeness (QED) is 0.137. The fourth-order valence-corrected chi connectivity index (χ4v) is 5.68. The second-order valence-electron chi connectivity index (χ2n) is 14.0. The van der Waals surface area contributed by atoms with Crippen LogP contribution in [0.4, 0.5) is 13.6 Å². The number of hydrogen-bond acceptors (Lipinski definition) is 7. The van der Waals surface area contributed by atoms with E-state index in [1.54, 1.807) is 47.4 Å². The van der Waals surface area contributed by atoms with E-state index in [-0.39, 0.29) is 29.0 Å². The Morgan fingerprint density at radius 1 is 1.14 bits per heavy atom. The monoisotopic (exact) mass is 695 g/mol. The maximum atomic E-state index is 14.5. The number of aromatic nitrogens is 5. The predicted molar refractivity (Wildman–Crippen MR) is 182 cm³/mol. The second kappa shape index (κ2) is 14.3. The molecule has 0 bridgehead atoms. The van der Waals surface area contributed by atoms with Crippen LogP contribution >= 0.6 is 11.6 Å². The molecular formula is C34H40ClF2N9O3. The number of carbonyl (C=O) groups excluding carboxylic acids is 2. The Morgan fingerprint density at radius 3 is 2.45 bits per heavy atom. The molecule has 0 saturated carbocycles. The average molecular weight is 696 g/mol. The van der Waals surface area contributed by atoms with Crippen molar-refractivity contribution in [2.75, 3.05) is 26.2 Å². The first kappa shape index (κ1) is 35.5. The molecule has 1 aliphatic rings. The molecule has 0 unspecified atom stereocenters. The van der Waals surface area contributed by atoms with Gasteiger partial charge in [0.15, 0.2) is 11.8 Å². The smallest absolute Gasteiger partial charge is 0.409 e. The van der Waals surface area contributed by atoms with Crippen LogP contribution in [0.1, 0.15) is 69.6 Å². The predicted octanol–water partition coefficient (Wildman–Crippen LogP) is 6.80. The highest BCUT2D eigenvalue weighted by Crippen LogP contribution is 2.33. The summed E-state index contributed by atoms with van der Waals surface area (Å²) in [5.41, 5.74) is 8.92. The molecule has 3 heterocycles. The Kier molecular flexibility index (Phi) is 10.4. The molecule has 2 aromatic carbocycles. The van der Waals surface area contributed by atoms with Gasteiger partial charge in [-0.25, -0.2) is 14.5 Å². The van der Waals surface area contributed by atoms with Crippen LogP contribution in [-0.2, 0) is 4.74 Å². The van der Waals surface area contributed by atoms with Gasteiger partial charge in [-0.15, -0.1) is 0 Å². The molecule has 15 heteroatoms. The highest BCUT2D eigenvalue weighted by molar-refractivity contribution is 6.33. The third kappa shape index (κ3) is 8.60. The second-order valence-corrected chi connectivity index (χ2v) is 14.4. The van der Waals surface area contributed by atoms with Gasteiger partial charge >= 0.3 is 12.6 Å². The van der Waals surface area contributed by atoms with Crippen LogP contribution in [0.3, 0.4) is 0 Å². The Labute approximate surface area is 288 Å². The number of nitrogens with two attached hydrogens (primary N) is 1. The molecule has 0 aliphatic carbocycles. The zero-order valence-electron chi connectivity index (χ0n) is 28.0. The van der Waals surface area contributed by atoms with Crippen LogP contribution in [0.2, 0.25) is 5.02 Å². The van der Waals surface area contributed by atoms with Gasteiger partial charge < -0.3 is 15.4 Å².